The van der Waals surface area contributed by atoms with E-state index in [2.05, 4.69) is 18.2 Å². The maximum Gasteiger partial charge on any atom is 0.254 e. The molecule has 0 aliphatic heterocycles. The second-order valence-electron chi connectivity index (χ2n) is 6.69. The lowest BCUT2D eigenvalue weighted by Crippen LogP contribution is -2.33. The van der Waals surface area contributed by atoms with Crippen LogP contribution in [0, 0.1) is 11.3 Å². The van der Waals surface area contributed by atoms with E-state index in [1.807, 2.05) is 49.1 Å². The summed E-state index contributed by atoms with van der Waals surface area (Å²) in [6, 6.07) is 15.8. The number of carbonyl (C=O) groups is 1. The first-order valence-electron chi connectivity index (χ1n) is 9.07. The number of hydrogen-bond acceptors (Lipinski definition) is 2. The van der Waals surface area contributed by atoms with Crippen LogP contribution in [0.1, 0.15) is 65.3 Å². The molecule has 1 atom stereocenters. The minimum Gasteiger partial charge on any atom is -0.332 e. The minimum atomic E-state index is -0.0266. The van der Waals surface area contributed by atoms with Gasteiger partial charge in [-0.1, -0.05) is 18.2 Å². The number of nitriles is 1. The molecule has 3 rings (SSSR count). The fourth-order valence-electron chi connectivity index (χ4n) is 3.64. The van der Waals surface area contributed by atoms with E-state index in [9.17, 15) is 4.79 Å². The lowest BCUT2D eigenvalue weighted by Gasteiger charge is -2.29. The predicted molar refractivity (Wildman–Crippen MR) is 99.4 cm³/mol. The summed E-state index contributed by atoms with van der Waals surface area (Å²) in [6.45, 7) is 4.70. The number of rotatable bonds is 4. The Kier molecular flexibility index (Phi) is 5.19. The highest BCUT2D eigenvalue weighted by molar-refractivity contribution is 5.94. The predicted octanol–water partition coefficient (Wildman–Crippen LogP) is 4.66. The van der Waals surface area contributed by atoms with Crippen LogP contribution in [0.3, 0.4) is 0 Å². The zero-order valence-corrected chi connectivity index (χ0v) is 15.0. The summed E-state index contributed by atoms with van der Waals surface area (Å²) in [4.78, 5) is 15.0. The van der Waals surface area contributed by atoms with Gasteiger partial charge < -0.3 is 4.90 Å². The fourth-order valence-corrected chi connectivity index (χ4v) is 3.64. The zero-order chi connectivity index (χ0) is 17.8. The molecular formula is C22H24N2O. The molecule has 1 aliphatic carbocycles. The zero-order valence-electron chi connectivity index (χ0n) is 15.0. The number of benzene rings is 2. The first-order chi connectivity index (χ1) is 12.1. The highest BCUT2D eigenvalue weighted by Gasteiger charge is 2.22. The van der Waals surface area contributed by atoms with Gasteiger partial charge in [0, 0.05) is 12.1 Å². The molecule has 128 valence electrons. The number of hydrogen-bond donors (Lipinski definition) is 0. The Labute approximate surface area is 149 Å². The monoisotopic (exact) mass is 332 g/mol. The number of amides is 1. The molecule has 2 aromatic carbocycles. The Hall–Kier alpha value is -2.60. The molecule has 3 nitrogen and oxygen atoms in total. The maximum absolute atomic E-state index is 13.1. The Morgan fingerprint density at radius 1 is 1.12 bits per heavy atom. The van der Waals surface area contributed by atoms with Gasteiger partial charge in [-0.15, -0.1) is 0 Å². The van der Waals surface area contributed by atoms with E-state index in [1.54, 1.807) is 0 Å². The molecule has 0 heterocycles. The van der Waals surface area contributed by atoms with Crippen LogP contribution in [0.2, 0.25) is 0 Å². The van der Waals surface area contributed by atoms with Gasteiger partial charge in [0.2, 0.25) is 0 Å². The summed E-state index contributed by atoms with van der Waals surface area (Å²) in [7, 11) is 0. The first-order valence-corrected chi connectivity index (χ1v) is 9.07. The van der Waals surface area contributed by atoms with Crippen LogP contribution in [-0.4, -0.2) is 17.4 Å². The van der Waals surface area contributed by atoms with Crippen molar-refractivity contribution in [2.45, 2.75) is 45.6 Å². The van der Waals surface area contributed by atoms with Crippen LogP contribution in [0.5, 0.6) is 0 Å². The van der Waals surface area contributed by atoms with Gasteiger partial charge in [-0.05, 0) is 80.5 Å². The van der Waals surface area contributed by atoms with Gasteiger partial charge in [0.1, 0.15) is 0 Å². The van der Waals surface area contributed by atoms with E-state index < -0.39 is 0 Å². The molecule has 0 saturated carbocycles. The quantitative estimate of drug-likeness (QED) is 0.817. The Morgan fingerprint density at radius 2 is 1.80 bits per heavy atom. The van der Waals surface area contributed by atoms with Crippen LogP contribution in [0.25, 0.3) is 0 Å². The summed E-state index contributed by atoms with van der Waals surface area (Å²) < 4.78 is 0. The summed E-state index contributed by atoms with van der Waals surface area (Å²) in [6.07, 6.45) is 4.66. The molecule has 0 spiro atoms. The van der Waals surface area contributed by atoms with Crippen molar-refractivity contribution < 1.29 is 4.79 Å². The topological polar surface area (TPSA) is 44.1 Å². The SMILES string of the molecule is CCN(C(=O)c1ccc2c(c1)CCCC2)C(C)c1ccc(C#N)cc1. The van der Waals surface area contributed by atoms with Crippen molar-refractivity contribution in [2.24, 2.45) is 0 Å². The Morgan fingerprint density at radius 3 is 2.44 bits per heavy atom. The summed E-state index contributed by atoms with van der Waals surface area (Å²) in [5.41, 5.74) is 5.19. The van der Waals surface area contributed by atoms with Gasteiger partial charge in [-0.3, -0.25) is 4.79 Å². The Bertz CT molecular complexity index is 802. The second-order valence-corrected chi connectivity index (χ2v) is 6.69. The first kappa shape index (κ1) is 17.2. The van der Waals surface area contributed by atoms with Crippen LogP contribution in [-0.2, 0) is 12.8 Å². The van der Waals surface area contributed by atoms with Gasteiger partial charge in [0.15, 0.2) is 0 Å². The smallest absolute Gasteiger partial charge is 0.254 e. The summed E-state index contributed by atoms with van der Waals surface area (Å²) in [5, 5.41) is 8.94. The van der Waals surface area contributed by atoms with Crippen LogP contribution >= 0.6 is 0 Å². The molecule has 0 bridgehead atoms. The normalized spacial score (nSPS) is 14.3. The molecular weight excluding hydrogens is 308 g/mol. The van der Waals surface area contributed by atoms with E-state index >= 15 is 0 Å². The molecule has 0 saturated heterocycles. The van der Waals surface area contributed by atoms with E-state index in [-0.39, 0.29) is 11.9 Å². The lowest BCUT2D eigenvalue weighted by molar-refractivity contribution is 0.0702. The van der Waals surface area contributed by atoms with Crippen LogP contribution in [0.15, 0.2) is 42.5 Å². The van der Waals surface area contributed by atoms with Gasteiger partial charge in [-0.2, -0.15) is 5.26 Å². The van der Waals surface area contributed by atoms with Crippen molar-refractivity contribution in [3.05, 3.63) is 70.3 Å². The van der Waals surface area contributed by atoms with E-state index in [1.165, 1.54) is 24.0 Å². The van der Waals surface area contributed by atoms with E-state index in [0.29, 0.717) is 12.1 Å². The van der Waals surface area contributed by atoms with Crippen molar-refractivity contribution in [3.63, 3.8) is 0 Å². The van der Waals surface area contributed by atoms with Crippen molar-refractivity contribution in [1.29, 1.82) is 5.26 Å². The van der Waals surface area contributed by atoms with Crippen molar-refractivity contribution in [2.75, 3.05) is 6.54 Å². The van der Waals surface area contributed by atoms with Crippen molar-refractivity contribution >= 4 is 5.91 Å². The fraction of sp³-hybridized carbons (Fsp3) is 0.364. The third-order valence-corrected chi connectivity index (χ3v) is 5.19. The number of nitrogens with zero attached hydrogens (tertiary/aromatic N) is 2. The molecule has 0 radical (unpaired) electrons. The van der Waals surface area contributed by atoms with Gasteiger partial charge in [-0.25, -0.2) is 0 Å². The van der Waals surface area contributed by atoms with E-state index in [4.69, 9.17) is 5.26 Å². The summed E-state index contributed by atoms with van der Waals surface area (Å²) >= 11 is 0. The van der Waals surface area contributed by atoms with Crippen molar-refractivity contribution in [1.82, 2.24) is 4.90 Å². The van der Waals surface area contributed by atoms with Gasteiger partial charge in [0.25, 0.3) is 5.91 Å². The molecule has 25 heavy (non-hydrogen) atoms. The third kappa shape index (κ3) is 3.58. The lowest BCUT2D eigenvalue weighted by atomic mass is 9.90. The molecule has 1 aliphatic rings. The van der Waals surface area contributed by atoms with Gasteiger partial charge >= 0.3 is 0 Å². The van der Waals surface area contributed by atoms with Crippen molar-refractivity contribution in [3.8, 4) is 6.07 Å². The largest absolute Gasteiger partial charge is 0.332 e. The number of fused-ring (bicyclic) bond motifs is 1. The minimum absolute atomic E-state index is 0.0266. The second kappa shape index (κ2) is 7.53. The van der Waals surface area contributed by atoms with Gasteiger partial charge in [0.05, 0.1) is 17.7 Å². The average molecular weight is 332 g/mol. The standard InChI is InChI=1S/C22H24N2O/c1-3-24(16(2)18-10-8-17(15-23)9-11-18)22(25)21-13-12-19-6-4-5-7-20(19)14-21/h8-14,16H,3-7H2,1-2H3. The Balaban J connectivity index is 1.84. The van der Waals surface area contributed by atoms with E-state index in [0.717, 1.165) is 24.0 Å². The molecule has 1 unspecified atom stereocenters. The van der Waals surface area contributed by atoms with Crippen LogP contribution < -0.4 is 0 Å². The molecule has 0 fully saturated rings. The summed E-state index contributed by atoms with van der Waals surface area (Å²) in [5.74, 6) is 0.0766. The highest BCUT2D eigenvalue weighted by Crippen LogP contribution is 2.26. The molecule has 0 N–H and O–H groups in total. The highest BCUT2D eigenvalue weighted by atomic mass is 16.2. The number of carbonyl (C=O) groups excluding carboxylic acids is 1. The molecule has 1 amide bonds. The molecule has 2 aromatic rings. The number of aryl methyl sites for hydroxylation is 2. The van der Waals surface area contributed by atoms with Crippen LogP contribution in [0.4, 0.5) is 0 Å². The molecule has 0 aromatic heterocycles. The third-order valence-electron chi connectivity index (χ3n) is 5.19. The molecule has 3 heteroatoms. The average Bonchev–Trinajstić information content (AvgIpc) is 2.68. The maximum atomic E-state index is 13.1.